The van der Waals surface area contributed by atoms with Gasteiger partial charge in [0.2, 0.25) is 0 Å². The first-order valence-electron chi connectivity index (χ1n) is 5.96. The number of anilines is 1. The molecule has 0 radical (unpaired) electrons. The van der Waals surface area contributed by atoms with E-state index in [1.54, 1.807) is 4.68 Å². The molecule has 0 unspecified atom stereocenters. The maximum Gasteiger partial charge on any atom is 0.162 e. The molecule has 2 rings (SSSR count). The molecule has 0 saturated heterocycles. The molecule has 0 aliphatic rings. The summed E-state index contributed by atoms with van der Waals surface area (Å²) in [6, 6.07) is 3.98. The zero-order valence-electron chi connectivity index (χ0n) is 11.5. The predicted octanol–water partition coefficient (Wildman–Crippen LogP) is 2.16. The second kappa shape index (κ2) is 4.08. The van der Waals surface area contributed by atoms with Crippen LogP contribution in [0.2, 0.25) is 0 Å². The Morgan fingerprint density at radius 1 is 1.11 bits per heavy atom. The molecular formula is C13H19N5. The highest BCUT2D eigenvalue weighted by Gasteiger charge is 2.23. The van der Waals surface area contributed by atoms with Gasteiger partial charge in [0, 0.05) is 11.1 Å². The summed E-state index contributed by atoms with van der Waals surface area (Å²) in [6.45, 7) is 10.3. The minimum atomic E-state index is -0.115. The van der Waals surface area contributed by atoms with E-state index in [0.29, 0.717) is 0 Å². The molecule has 0 amide bonds. The fourth-order valence-corrected chi connectivity index (χ4v) is 1.90. The maximum atomic E-state index is 5.97. The van der Waals surface area contributed by atoms with Crippen LogP contribution in [0.4, 0.5) is 5.69 Å². The summed E-state index contributed by atoms with van der Waals surface area (Å²) in [5.74, 6) is 0.828. The second-order valence-electron chi connectivity index (χ2n) is 5.66. The van der Waals surface area contributed by atoms with Crippen molar-refractivity contribution in [3.8, 4) is 5.69 Å². The Labute approximate surface area is 107 Å². The van der Waals surface area contributed by atoms with Crippen LogP contribution in [0.3, 0.4) is 0 Å². The van der Waals surface area contributed by atoms with Gasteiger partial charge in [0.15, 0.2) is 5.82 Å². The van der Waals surface area contributed by atoms with E-state index in [2.05, 4.69) is 42.4 Å². The first-order chi connectivity index (χ1) is 8.30. The fourth-order valence-electron chi connectivity index (χ4n) is 1.90. The molecule has 0 saturated carbocycles. The number of rotatable bonds is 1. The van der Waals surface area contributed by atoms with Gasteiger partial charge < -0.3 is 5.73 Å². The Morgan fingerprint density at radius 2 is 1.78 bits per heavy atom. The van der Waals surface area contributed by atoms with E-state index in [9.17, 15) is 0 Å². The second-order valence-corrected chi connectivity index (χ2v) is 5.66. The molecule has 0 aliphatic heterocycles. The van der Waals surface area contributed by atoms with Crippen molar-refractivity contribution in [1.82, 2.24) is 20.2 Å². The van der Waals surface area contributed by atoms with Crippen molar-refractivity contribution < 1.29 is 0 Å². The van der Waals surface area contributed by atoms with Crippen LogP contribution in [0, 0.1) is 13.8 Å². The predicted molar refractivity (Wildman–Crippen MR) is 71.7 cm³/mol. The molecule has 0 aliphatic carbocycles. The number of nitrogen functional groups attached to an aromatic ring is 1. The molecule has 0 atom stereocenters. The van der Waals surface area contributed by atoms with Gasteiger partial charge >= 0.3 is 0 Å². The number of nitrogens with two attached hydrogens (primary N) is 1. The van der Waals surface area contributed by atoms with Crippen molar-refractivity contribution in [2.75, 3.05) is 5.73 Å². The molecule has 1 aromatic carbocycles. The van der Waals surface area contributed by atoms with Crippen LogP contribution in [-0.4, -0.2) is 20.2 Å². The Kier molecular flexibility index (Phi) is 2.84. The van der Waals surface area contributed by atoms with Crippen LogP contribution in [0.15, 0.2) is 12.1 Å². The Balaban J connectivity index is 2.64. The minimum absolute atomic E-state index is 0.115. The van der Waals surface area contributed by atoms with Gasteiger partial charge in [-0.25, -0.2) is 0 Å². The van der Waals surface area contributed by atoms with Crippen molar-refractivity contribution in [2.45, 2.75) is 40.0 Å². The lowest BCUT2D eigenvalue weighted by atomic mass is 9.95. The summed E-state index contributed by atoms with van der Waals surface area (Å²) >= 11 is 0. The smallest absolute Gasteiger partial charge is 0.162 e. The molecular weight excluding hydrogens is 226 g/mol. The molecule has 0 bridgehead atoms. The van der Waals surface area contributed by atoms with E-state index in [1.165, 1.54) is 0 Å². The topological polar surface area (TPSA) is 69.6 Å². The monoisotopic (exact) mass is 245 g/mol. The highest BCUT2D eigenvalue weighted by Crippen LogP contribution is 2.25. The van der Waals surface area contributed by atoms with E-state index in [1.807, 2.05) is 19.9 Å². The Morgan fingerprint density at radius 3 is 2.39 bits per heavy atom. The molecule has 5 heteroatoms. The van der Waals surface area contributed by atoms with Crippen LogP contribution >= 0.6 is 0 Å². The Hall–Kier alpha value is -1.91. The molecule has 1 heterocycles. The highest BCUT2D eigenvalue weighted by molar-refractivity contribution is 5.57. The van der Waals surface area contributed by atoms with Crippen LogP contribution in [0.25, 0.3) is 5.69 Å². The van der Waals surface area contributed by atoms with Crippen molar-refractivity contribution in [3.63, 3.8) is 0 Å². The van der Waals surface area contributed by atoms with Gasteiger partial charge in [-0.1, -0.05) is 26.8 Å². The van der Waals surface area contributed by atoms with Gasteiger partial charge in [0.1, 0.15) is 0 Å². The van der Waals surface area contributed by atoms with Crippen LogP contribution in [0.1, 0.15) is 37.7 Å². The highest BCUT2D eigenvalue weighted by atomic mass is 15.5. The summed E-state index contributed by atoms with van der Waals surface area (Å²) in [6.07, 6.45) is 0. The third-order valence-corrected chi connectivity index (χ3v) is 2.95. The molecule has 1 aromatic heterocycles. The molecule has 5 nitrogen and oxygen atoms in total. The van der Waals surface area contributed by atoms with Gasteiger partial charge in [-0.05, 0) is 41.5 Å². The molecule has 96 valence electrons. The van der Waals surface area contributed by atoms with E-state index >= 15 is 0 Å². The number of tetrazole rings is 1. The molecule has 2 aromatic rings. The average Bonchev–Trinajstić information content (AvgIpc) is 2.71. The first kappa shape index (κ1) is 12.5. The SMILES string of the molecule is Cc1cc(C)c(-n2nnnc2C(C)(C)C)cc1N. The van der Waals surface area contributed by atoms with Crippen molar-refractivity contribution in [1.29, 1.82) is 0 Å². The van der Waals surface area contributed by atoms with Crippen LogP contribution in [-0.2, 0) is 5.41 Å². The minimum Gasteiger partial charge on any atom is -0.398 e. The molecule has 18 heavy (non-hydrogen) atoms. The quantitative estimate of drug-likeness (QED) is 0.782. The van der Waals surface area contributed by atoms with Crippen molar-refractivity contribution in [3.05, 3.63) is 29.1 Å². The summed E-state index contributed by atoms with van der Waals surface area (Å²) in [5, 5.41) is 12.0. The maximum absolute atomic E-state index is 5.97. The number of nitrogens with zero attached hydrogens (tertiary/aromatic N) is 4. The number of aryl methyl sites for hydroxylation is 2. The first-order valence-corrected chi connectivity index (χ1v) is 5.96. The van der Waals surface area contributed by atoms with Crippen LogP contribution < -0.4 is 5.73 Å². The van der Waals surface area contributed by atoms with Gasteiger partial charge in [-0.2, -0.15) is 4.68 Å². The lowest BCUT2D eigenvalue weighted by molar-refractivity contribution is 0.525. The van der Waals surface area contributed by atoms with Crippen LogP contribution in [0.5, 0.6) is 0 Å². The third-order valence-electron chi connectivity index (χ3n) is 2.95. The fraction of sp³-hybridized carbons (Fsp3) is 0.462. The number of hydrogen-bond acceptors (Lipinski definition) is 4. The lowest BCUT2D eigenvalue weighted by Crippen LogP contribution is -2.19. The zero-order chi connectivity index (χ0) is 13.5. The summed E-state index contributed by atoms with van der Waals surface area (Å²) in [4.78, 5) is 0. The van der Waals surface area contributed by atoms with E-state index in [0.717, 1.165) is 28.3 Å². The number of hydrogen-bond donors (Lipinski definition) is 1. The lowest BCUT2D eigenvalue weighted by Gasteiger charge is -2.18. The van der Waals surface area contributed by atoms with E-state index in [4.69, 9.17) is 5.73 Å². The average molecular weight is 245 g/mol. The summed E-state index contributed by atoms with van der Waals surface area (Å²) in [7, 11) is 0. The van der Waals surface area contributed by atoms with Crippen molar-refractivity contribution in [2.24, 2.45) is 0 Å². The van der Waals surface area contributed by atoms with Gasteiger partial charge in [0.25, 0.3) is 0 Å². The van der Waals surface area contributed by atoms with E-state index < -0.39 is 0 Å². The number of aromatic nitrogens is 4. The Bertz CT molecular complexity index is 578. The third kappa shape index (κ3) is 2.08. The molecule has 2 N–H and O–H groups in total. The van der Waals surface area contributed by atoms with Gasteiger partial charge in [0.05, 0.1) is 5.69 Å². The zero-order valence-corrected chi connectivity index (χ0v) is 11.5. The summed E-state index contributed by atoms with van der Waals surface area (Å²) in [5.41, 5.74) is 9.73. The standard InChI is InChI=1S/C13H19N5/c1-8-6-9(2)11(7-10(8)14)18-12(13(3,4)5)15-16-17-18/h6-7H,14H2,1-5H3. The number of benzene rings is 1. The molecule has 0 fully saturated rings. The van der Waals surface area contributed by atoms with Gasteiger partial charge in [-0.3, -0.25) is 0 Å². The largest absolute Gasteiger partial charge is 0.398 e. The molecule has 0 spiro atoms. The normalized spacial score (nSPS) is 11.8. The van der Waals surface area contributed by atoms with Crippen molar-refractivity contribution >= 4 is 5.69 Å². The van der Waals surface area contributed by atoms with E-state index in [-0.39, 0.29) is 5.41 Å². The summed E-state index contributed by atoms with van der Waals surface area (Å²) < 4.78 is 1.77. The van der Waals surface area contributed by atoms with Gasteiger partial charge in [-0.15, -0.1) is 5.10 Å².